The van der Waals surface area contributed by atoms with Crippen LogP contribution in [0.5, 0.6) is 0 Å². The zero-order chi connectivity index (χ0) is 31.6. The highest BCUT2D eigenvalue weighted by atomic mass is 32.2. The Hall–Kier alpha value is -4.95. The molecule has 10 heteroatoms. The van der Waals surface area contributed by atoms with Crippen LogP contribution in [0.4, 0.5) is 10.7 Å². The number of rotatable bonds is 11. The predicted octanol–water partition coefficient (Wildman–Crippen LogP) is 8.27. The minimum atomic E-state index is -0.478. The van der Waals surface area contributed by atoms with E-state index < -0.39 is 17.1 Å². The van der Waals surface area contributed by atoms with E-state index in [4.69, 9.17) is 0 Å². The van der Waals surface area contributed by atoms with Crippen molar-refractivity contribution >= 4 is 68.9 Å². The van der Waals surface area contributed by atoms with E-state index in [-0.39, 0.29) is 11.6 Å². The van der Waals surface area contributed by atoms with Gasteiger partial charge >= 0.3 is 0 Å². The van der Waals surface area contributed by atoms with Crippen molar-refractivity contribution in [2.75, 3.05) is 10.6 Å². The van der Waals surface area contributed by atoms with Crippen molar-refractivity contribution in [3.63, 3.8) is 0 Å². The van der Waals surface area contributed by atoms with Gasteiger partial charge in [-0.2, -0.15) is 16.6 Å². The summed E-state index contributed by atoms with van der Waals surface area (Å²) in [6, 6.07) is 29.6. The summed E-state index contributed by atoms with van der Waals surface area (Å²) >= 11 is 4.18. The van der Waals surface area contributed by atoms with E-state index in [9.17, 15) is 19.6 Å². The molecule has 0 aliphatic carbocycles. The van der Waals surface area contributed by atoms with Crippen LogP contribution in [0.15, 0.2) is 118 Å². The Balaban J connectivity index is 1.28. The van der Waals surface area contributed by atoms with Gasteiger partial charge in [0, 0.05) is 27.1 Å². The maximum atomic E-state index is 13.4. The number of benzene rings is 3. The number of nitriles is 1. The van der Waals surface area contributed by atoms with Crippen LogP contribution < -0.4 is 16.0 Å². The zero-order valence-corrected chi connectivity index (χ0v) is 26.6. The summed E-state index contributed by atoms with van der Waals surface area (Å²) in [4.78, 5) is 40.4. The average molecular weight is 649 g/mol. The van der Waals surface area contributed by atoms with Gasteiger partial charge in [0.2, 0.25) is 5.91 Å². The fourth-order valence-electron chi connectivity index (χ4n) is 4.38. The number of anilines is 2. The van der Waals surface area contributed by atoms with Crippen LogP contribution in [0.25, 0.3) is 17.2 Å². The zero-order valence-electron chi connectivity index (χ0n) is 24.2. The first-order valence-corrected chi connectivity index (χ1v) is 16.7. The molecule has 2 aromatic heterocycles. The Morgan fingerprint density at radius 2 is 1.69 bits per heavy atom. The topological polar surface area (TPSA) is 111 Å². The van der Waals surface area contributed by atoms with Crippen molar-refractivity contribution < 1.29 is 14.4 Å². The molecule has 224 valence electrons. The molecule has 0 aliphatic rings. The van der Waals surface area contributed by atoms with E-state index in [1.54, 1.807) is 48.5 Å². The summed E-state index contributed by atoms with van der Waals surface area (Å²) in [5, 5.41) is 24.2. The first kappa shape index (κ1) is 31.5. The van der Waals surface area contributed by atoms with Crippen molar-refractivity contribution in [2.24, 2.45) is 0 Å². The van der Waals surface area contributed by atoms with Gasteiger partial charge in [0.25, 0.3) is 11.8 Å². The number of carbonyl (C=O) groups excluding carboxylic acids is 3. The molecule has 0 spiro atoms. The van der Waals surface area contributed by atoms with Gasteiger partial charge in [-0.15, -0.1) is 23.1 Å². The molecule has 1 atom stereocenters. The van der Waals surface area contributed by atoms with Crippen LogP contribution in [0.2, 0.25) is 0 Å². The molecule has 0 aliphatic heterocycles. The fourth-order valence-corrected chi connectivity index (χ4v) is 6.94. The van der Waals surface area contributed by atoms with Crippen LogP contribution >= 0.6 is 34.4 Å². The summed E-state index contributed by atoms with van der Waals surface area (Å²) in [7, 11) is 0. The molecule has 1 unspecified atom stereocenters. The Morgan fingerprint density at radius 1 is 0.933 bits per heavy atom. The molecule has 7 nitrogen and oxygen atoms in total. The fraction of sp³-hybridized carbons (Fsp3) is 0.0857. The third kappa shape index (κ3) is 8.16. The minimum absolute atomic E-state index is 0.102. The standard InChI is InChI=1S/C35H28N4O3S3/c1-2-31(34(42)39-35-28(20-36)29(22-44-35)24-10-5-3-6-11-24)45-27-15-9-14-26(19-27)37-33(41)30(18-23-16-17-43-21-23)38-32(40)25-12-7-4-8-13-25/h3-19,21-22,31H,2H2,1H3,(H,37,41)(H,38,40)(H,39,42)/b30-18-. The second-order valence-corrected chi connectivity index (χ2v) is 12.7. The van der Waals surface area contributed by atoms with Gasteiger partial charge in [-0.25, -0.2) is 0 Å². The molecular weight excluding hydrogens is 621 g/mol. The van der Waals surface area contributed by atoms with Crippen molar-refractivity contribution in [3.8, 4) is 17.2 Å². The first-order valence-electron chi connectivity index (χ1n) is 14.0. The second kappa shape index (κ2) is 15.2. The van der Waals surface area contributed by atoms with E-state index in [2.05, 4.69) is 22.0 Å². The maximum Gasteiger partial charge on any atom is 0.272 e. The highest BCUT2D eigenvalue weighted by molar-refractivity contribution is 8.00. The first-order chi connectivity index (χ1) is 21.9. The normalized spacial score (nSPS) is 11.7. The molecule has 0 fully saturated rings. The number of nitrogens with one attached hydrogen (secondary N) is 3. The summed E-state index contributed by atoms with van der Waals surface area (Å²) < 4.78 is 0. The average Bonchev–Trinajstić information content (AvgIpc) is 3.74. The lowest BCUT2D eigenvalue weighted by molar-refractivity contribution is -0.116. The molecular formula is C35H28N4O3S3. The molecule has 0 saturated carbocycles. The number of hydrogen-bond acceptors (Lipinski definition) is 7. The monoisotopic (exact) mass is 648 g/mol. The van der Waals surface area contributed by atoms with Crippen LogP contribution in [0.1, 0.15) is 34.8 Å². The molecule has 5 rings (SSSR count). The van der Waals surface area contributed by atoms with Gasteiger partial charge in [0.1, 0.15) is 16.8 Å². The molecule has 0 radical (unpaired) electrons. The van der Waals surface area contributed by atoms with Crippen molar-refractivity contribution in [1.29, 1.82) is 5.26 Å². The SMILES string of the molecule is CCC(Sc1cccc(NC(=O)/C(=C/c2ccsc2)NC(=O)c2ccccc2)c1)C(=O)Nc1scc(-c2ccccc2)c1C#N. The van der Waals surface area contributed by atoms with E-state index in [0.717, 1.165) is 21.6 Å². The molecule has 3 aromatic carbocycles. The van der Waals surface area contributed by atoms with Gasteiger partial charge in [0.05, 0.1) is 10.8 Å². The number of hydrogen-bond donors (Lipinski definition) is 3. The third-order valence-corrected chi connectivity index (χ3v) is 9.60. The Kier molecular flexibility index (Phi) is 10.6. The third-order valence-electron chi connectivity index (χ3n) is 6.64. The second-order valence-electron chi connectivity index (χ2n) is 9.75. The minimum Gasteiger partial charge on any atom is -0.321 e. The largest absolute Gasteiger partial charge is 0.321 e. The van der Waals surface area contributed by atoms with Gasteiger partial charge in [-0.1, -0.05) is 61.5 Å². The van der Waals surface area contributed by atoms with Gasteiger partial charge < -0.3 is 16.0 Å². The molecule has 0 bridgehead atoms. The van der Waals surface area contributed by atoms with Gasteiger partial charge in [0.15, 0.2) is 0 Å². The van der Waals surface area contributed by atoms with Gasteiger partial charge in [-0.05, 0) is 70.8 Å². The molecule has 45 heavy (non-hydrogen) atoms. The Bertz CT molecular complexity index is 1860. The highest BCUT2D eigenvalue weighted by Gasteiger charge is 2.22. The molecule has 2 heterocycles. The summed E-state index contributed by atoms with van der Waals surface area (Å²) in [5.74, 6) is -1.08. The Morgan fingerprint density at radius 3 is 2.38 bits per heavy atom. The molecule has 5 aromatic rings. The summed E-state index contributed by atoms with van der Waals surface area (Å²) in [6.45, 7) is 1.93. The number of nitrogens with zero attached hydrogens (tertiary/aromatic N) is 1. The lowest BCUT2D eigenvalue weighted by atomic mass is 10.1. The number of amides is 3. The quantitative estimate of drug-likeness (QED) is 0.0986. The van der Waals surface area contributed by atoms with Crippen molar-refractivity contribution in [1.82, 2.24) is 5.32 Å². The van der Waals surface area contributed by atoms with E-state index in [0.29, 0.717) is 28.2 Å². The highest BCUT2D eigenvalue weighted by Crippen LogP contribution is 2.36. The van der Waals surface area contributed by atoms with Crippen LogP contribution in [0.3, 0.4) is 0 Å². The molecule has 0 saturated heterocycles. The predicted molar refractivity (Wildman–Crippen MR) is 184 cm³/mol. The summed E-state index contributed by atoms with van der Waals surface area (Å²) in [5.41, 5.74) is 3.99. The number of thiophene rings is 2. The van der Waals surface area contributed by atoms with Crippen LogP contribution in [-0.2, 0) is 9.59 Å². The van der Waals surface area contributed by atoms with Crippen molar-refractivity contribution in [3.05, 3.63) is 130 Å². The van der Waals surface area contributed by atoms with Gasteiger partial charge in [-0.3, -0.25) is 14.4 Å². The smallest absolute Gasteiger partial charge is 0.272 e. The lowest BCUT2D eigenvalue weighted by Crippen LogP contribution is -2.30. The molecule has 3 amide bonds. The van der Waals surface area contributed by atoms with E-state index in [1.807, 2.05) is 71.6 Å². The lowest BCUT2D eigenvalue weighted by Gasteiger charge is -2.15. The number of thioether (sulfide) groups is 1. The summed E-state index contributed by atoms with van der Waals surface area (Å²) in [6.07, 6.45) is 2.18. The Labute approximate surface area is 273 Å². The maximum absolute atomic E-state index is 13.4. The van der Waals surface area contributed by atoms with Crippen LogP contribution in [0, 0.1) is 11.3 Å². The van der Waals surface area contributed by atoms with Crippen molar-refractivity contribution in [2.45, 2.75) is 23.5 Å². The van der Waals surface area contributed by atoms with E-state index >= 15 is 0 Å². The molecule has 3 N–H and O–H groups in total. The number of carbonyl (C=O) groups is 3. The van der Waals surface area contributed by atoms with Crippen LogP contribution in [-0.4, -0.2) is 23.0 Å². The van der Waals surface area contributed by atoms with E-state index in [1.165, 1.54) is 34.4 Å².